The molecular weight excluding hydrogens is 373 g/mol. The number of benzene rings is 1. The zero-order valence-corrected chi connectivity index (χ0v) is 16.4. The van der Waals surface area contributed by atoms with Gasteiger partial charge in [-0.05, 0) is 63.6 Å². The van der Waals surface area contributed by atoms with Gasteiger partial charge < -0.3 is 4.23 Å². The molecule has 1 aromatic carbocycles. The van der Waals surface area contributed by atoms with Gasteiger partial charge in [0.05, 0.1) is 0 Å². The molecule has 0 aliphatic heterocycles. The third-order valence-electron chi connectivity index (χ3n) is 3.90. The zero-order chi connectivity index (χ0) is 15.2. The highest BCUT2D eigenvalue weighted by atomic mass is 127. The molecule has 0 amide bonds. The minimum absolute atomic E-state index is 0.509. The lowest BCUT2D eigenvalue weighted by Crippen LogP contribution is -2.04. The molecule has 0 aliphatic rings. The van der Waals surface area contributed by atoms with E-state index in [0.717, 1.165) is 0 Å². The van der Waals surface area contributed by atoms with Crippen molar-refractivity contribution < 1.29 is 0 Å². The maximum Gasteiger partial charge on any atom is 0.195 e. The predicted octanol–water partition coefficient (Wildman–Crippen LogP) is 5.55. The highest BCUT2D eigenvalue weighted by Gasteiger charge is 2.23. The molecule has 0 unspecified atom stereocenters. The van der Waals surface area contributed by atoms with Crippen molar-refractivity contribution in [1.82, 2.24) is 4.23 Å². The highest BCUT2D eigenvalue weighted by Crippen LogP contribution is 2.40. The second-order valence-electron chi connectivity index (χ2n) is 6.45. The lowest BCUT2D eigenvalue weighted by Gasteiger charge is -2.16. The van der Waals surface area contributed by atoms with E-state index in [0.29, 0.717) is 17.8 Å². The van der Waals surface area contributed by atoms with Gasteiger partial charge in [0, 0.05) is 20.2 Å². The van der Waals surface area contributed by atoms with E-state index in [4.69, 9.17) is 0 Å². The Morgan fingerprint density at radius 2 is 1.45 bits per heavy atom. The normalized spacial score (nSPS) is 12.3. The third-order valence-corrected chi connectivity index (χ3v) is 5.32. The van der Waals surface area contributed by atoms with E-state index in [2.05, 4.69) is 90.9 Å². The number of nitrogens with zero attached hydrogens (tertiary/aromatic N) is 1. The molecule has 1 aromatic heterocycles. The number of halogens is 1. The minimum Gasteiger partial charge on any atom is -0.373 e. The average Bonchev–Trinajstić information content (AvgIpc) is 2.62. The summed E-state index contributed by atoms with van der Waals surface area (Å²) < 4.78 is 3.59. The first-order valence-corrected chi connectivity index (χ1v) is 8.88. The number of aromatic nitrogens is 1. The van der Waals surface area contributed by atoms with Crippen molar-refractivity contribution in [2.45, 2.75) is 59.3 Å². The zero-order valence-electron chi connectivity index (χ0n) is 13.2. The van der Waals surface area contributed by atoms with E-state index in [9.17, 15) is 0 Å². The van der Waals surface area contributed by atoms with Gasteiger partial charge in [0.15, 0.2) is 10.4 Å². The minimum atomic E-state index is 0.509. The summed E-state index contributed by atoms with van der Waals surface area (Å²) in [6.07, 6.45) is 0. The van der Waals surface area contributed by atoms with Crippen LogP contribution in [0.4, 0.5) is 0 Å². The summed E-state index contributed by atoms with van der Waals surface area (Å²) in [6.45, 7) is 13.7. The molecule has 0 spiro atoms. The predicted molar refractivity (Wildman–Crippen MR) is 98.1 cm³/mol. The van der Waals surface area contributed by atoms with Crippen molar-refractivity contribution in [3.05, 3.63) is 32.5 Å². The first kappa shape index (κ1) is 16.1. The Morgan fingerprint density at radius 1 is 0.900 bits per heavy atom. The molecule has 0 fully saturated rings. The van der Waals surface area contributed by atoms with Gasteiger partial charge in [-0.3, -0.25) is 0 Å². The van der Waals surface area contributed by atoms with E-state index < -0.39 is 0 Å². The standard InChI is InChI=1S/C17H23INSi/c1-9(2)14-12(18)7-8-13-16(14)15(10(3)4)17(11(5)6)19(13)20/h7-11H,1-6H3. The molecule has 1 heterocycles. The van der Waals surface area contributed by atoms with Gasteiger partial charge in [0.1, 0.15) is 0 Å². The van der Waals surface area contributed by atoms with Gasteiger partial charge in [-0.1, -0.05) is 41.5 Å². The average molecular weight is 396 g/mol. The van der Waals surface area contributed by atoms with Gasteiger partial charge in [-0.2, -0.15) is 0 Å². The molecule has 3 heteroatoms. The molecular formula is C17H23INSi. The molecule has 0 atom stereocenters. The van der Waals surface area contributed by atoms with Crippen molar-refractivity contribution >= 4 is 43.9 Å². The van der Waals surface area contributed by atoms with Crippen molar-refractivity contribution in [2.75, 3.05) is 0 Å². The van der Waals surface area contributed by atoms with Crippen molar-refractivity contribution in [1.29, 1.82) is 0 Å². The van der Waals surface area contributed by atoms with Gasteiger partial charge in [0.2, 0.25) is 0 Å². The Kier molecular flexibility index (Phi) is 4.69. The summed E-state index contributed by atoms with van der Waals surface area (Å²) in [5.41, 5.74) is 5.71. The van der Waals surface area contributed by atoms with E-state index in [1.807, 2.05) is 0 Å². The molecule has 0 saturated heterocycles. The van der Waals surface area contributed by atoms with E-state index in [1.165, 1.54) is 31.3 Å². The number of fused-ring (bicyclic) bond motifs is 1. The van der Waals surface area contributed by atoms with Crippen LogP contribution in [0.1, 0.15) is 76.1 Å². The van der Waals surface area contributed by atoms with Crippen LogP contribution in [-0.4, -0.2) is 14.6 Å². The molecule has 3 radical (unpaired) electrons. The van der Waals surface area contributed by atoms with E-state index in [1.54, 1.807) is 0 Å². The molecule has 1 nitrogen and oxygen atoms in total. The summed E-state index contributed by atoms with van der Waals surface area (Å²) in [4.78, 5) is 0. The lowest BCUT2D eigenvalue weighted by atomic mass is 9.90. The van der Waals surface area contributed by atoms with Gasteiger partial charge in [0.25, 0.3) is 0 Å². The van der Waals surface area contributed by atoms with Crippen molar-refractivity contribution in [3.63, 3.8) is 0 Å². The number of rotatable bonds is 3. The molecule has 0 saturated carbocycles. The topological polar surface area (TPSA) is 4.93 Å². The Bertz CT molecular complexity index is 638. The molecule has 20 heavy (non-hydrogen) atoms. The quantitative estimate of drug-likeness (QED) is 0.474. The summed E-state index contributed by atoms with van der Waals surface area (Å²) in [5, 5.41) is 1.46. The first-order chi connectivity index (χ1) is 9.27. The van der Waals surface area contributed by atoms with Gasteiger partial charge >= 0.3 is 0 Å². The molecule has 0 aliphatic carbocycles. The van der Waals surface area contributed by atoms with Crippen LogP contribution < -0.4 is 0 Å². The van der Waals surface area contributed by atoms with Crippen LogP contribution in [0.25, 0.3) is 10.9 Å². The van der Waals surface area contributed by atoms with Crippen molar-refractivity contribution in [3.8, 4) is 0 Å². The smallest absolute Gasteiger partial charge is 0.195 e. The van der Waals surface area contributed by atoms with E-state index in [-0.39, 0.29) is 0 Å². The summed E-state index contributed by atoms with van der Waals surface area (Å²) in [6, 6.07) is 4.48. The molecule has 107 valence electrons. The fraction of sp³-hybridized carbons (Fsp3) is 0.529. The second-order valence-corrected chi connectivity index (χ2v) is 8.06. The van der Waals surface area contributed by atoms with Crippen LogP contribution in [0.15, 0.2) is 12.1 Å². The lowest BCUT2D eigenvalue weighted by molar-refractivity contribution is 0.765. The van der Waals surface area contributed by atoms with Gasteiger partial charge in [-0.25, -0.2) is 0 Å². The molecule has 0 N–H and O–H groups in total. The summed E-state index contributed by atoms with van der Waals surface area (Å²) in [7, 11) is 3.85. The fourth-order valence-electron chi connectivity index (χ4n) is 3.15. The van der Waals surface area contributed by atoms with Crippen LogP contribution in [0, 0.1) is 3.57 Å². The monoisotopic (exact) mass is 396 g/mol. The fourth-order valence-corrected chi connectivity index (χ4v) is 4.79. The van der Waals surface area contributed by atoms with Crippen LogP contribution in [0.3, 0.4) is 0 Å². The Balaban J connectivity index is 3.01. The second kappa shape index (κ2) is 5.83. The Labute approximate surface area is 139 Å². The first-order valence-electron chi connectivity index (χ1n) is 7.35. The van der Waals surface area contributed by atoms with Gasteiger partial charge in [-0.15, -0.1) is 0 Å². The maximum atomic E-state index is 3.85. The summed E-state index contributed by atoms with van der Waals surface area (Å²) >= 11 is 2.48. The highest BCUT2D eigenvalue weighted by molar-refractivity contribution is 14.1. The SMILES string of the molecule is CC(C)c1c(I)ccc2c1c(C(C)C)c(C(C)C)n2[Si]. The Morgan fingerprint density at radius 3 is 1.90 bits per heavy atom. The van der Waals surface area contributed by atoms with E-state index >= 15 is 0 Å². The molecule has 0 bridgehead atoms. The summed E-state index contributed by atoms with van der Waals surface area (Å²) in [5.74, 6) is 1.58. The van der Waals surface area contributed by atoms with Crippen LogP contribution in [0.5, 0.6) is 0 Å². The van der Waals surface area contributed by atoms with Crippen LogP contribution >= 0.6 is 22.6 Å². The third kappa shape index (κ3) is 2.47. The molecule has 2 rings (SSSR count). The van der Waals surface area contributed by atoms with Crippen molar-refractivity contribution in [2.24, 2.45) is 0 Å². The number of hydrogen-bond acceptors (Lipinski definition) is 0. The van der Waals surface area contributed by atoms with Crippen LogP contribution in [0.2, 0.25) is 0 Å². The van der Waals surface area contributed by atoms with Crippen LogP contribution in [-0.2, 0) is 0 Å². The maximum absolute atomic E-state index is 3.85. The number of hydrogen-bond donors (Lipinski definition) is 0. The molecule has 2 aromatic rings. The largest absolute Gasteiger partial charge is 0.373 e. The Hall–Kier alpha value is -0.293.